The summed E-state index contributed by atoms with van der Waals surface area (Å²) in [6.07, 6.45) is 0.853. The molecule has 0 unspecified atom stereocenters. The minimum absolute atomic E-state index is 0.646. The second kappa shape index (κ2) is 8.44. The molecule has 0 heterocycles. The summed E-state index contributed by atoms with van der Waals surface area (Å²) in [5.41, 5.74) is 0.646. The van der Waals surface area contributed by atoms with E-state index in [2.05, 4.69) is 72.8 Å². The Hall–Kier alpha value is -2.85. The molecule has 0 amide bonds. The van der Waals surface area contributed by atoms with Crippen LogP contribution in [-0.2, 0) is 0 Å². The van der Waals surface area contributed by atoms with Gasteiger partial charge in [0.25, 0.3) is 0 Å². The van der Waals surface area contributed by atoms with Gasteiger partial charge in [0.15, 0.2) is 0 Å². The molecule has 4 aromatic rings. The quantitative estimate of drug-likeness (QED) is 0.318. The van der Waals surface area contributed by atoms with Crippen molar-refractivity contribution in [1.82, 2.24) is 0 Å². The number of rotatable bonds is 6. The van der Waals surface area contributed by atoms with Crippen LogP contribution in [0.2, 0.25) is 0 Å². The first-order chi connectivity index (χ1) is 13.8. The summed E-state index contributed by atoms with van der Waals surface area (Å²) in [6, 6.07) is 39.0. The Labute approximate surface area is 169 Å². The van der Waals surface area contributed by atoms with E-state index in [4.69, 9.17) is 3.07 Å². The summed E-state index contributed by atoms with van der Waals surface area (Å²) >= 11 is -3.79. The molecule has 0 N–H and O–H groups in total. The van der Waals surface area contributed by atoms with E-state index in [-0.39, 0.29) is 0 Å². The fraction of sp³-hybridized carbons (Fsp3) is 0. The number of aldehydes is 1. The second-order valence-electron chi connectivity index (χ2n) is 6.57. The van der Waals surface area contributed by atoms with Gasteiger partial charge in [-0.1, -0.05) is 0 Å². The molecule has 0 saturated carbocycles. The zero-order valence-electron chi connectivity index (χ0n) is 15.4. The Bertz CT molecular complexity index is 933. The van der Waals surface area contributed by atoms with Crippen molar-refractivity contribution < 1.29 is 7.87 Å². The van der Waals surface area contributed by atoms with Crippen molar-refractivity contribution in [3.8, 4) is 5.75 Å². The third-order valence-corrected chi connectivity index (χ3v) is 16.2. The third-order valence-electron chi connectivity index (χ3n) is 4.83. The number of benzene rings is 4. The molecule has 0 saturated heterocycles. The molecule has 0 aromatic heterocycles. The van der Waals surface area contributed by atoms with Gasteiger partial charge in [0.2, 0.25) is 0 Å². The summed E-state index contributed by atoms with van der Waals surface area (Å²) in [4.78, 5) is 11.0. The van der Waals surface area contributed by atoms with Gasteiger partial charge in [-0.3, -0.25) is 0 Å². The van der Waals surface area contributed by atoms with E-state index in [0.717, 1.165) is 12.0 Å². The maximum absolute atomic E-state index is 11.0. The molecule has 4 rings (SSSR count). The summed E-state index contributed by atoms with van der Waals surface area (Å²) in [5.74, 6) is 0.790. The molecule has 0 bridgehead atoms. The molecule has 28 heavy (non-hydrogen) atoms. The van der Waals surface area contributed by atoms with Crippen LogP contribution in [0, 0.1) is 0 Å². The standard InChI is InChI=1S/C7H6O2.3C6H5.Sn/c8-5-6-1-3-7(9)4-2-6;3*1-2-4-6-5-3-1;/h1-5,9H;3*1-5H;/q;;;;+1/p-1. The third kappa shape index (κ3) is 3.60. The van der Waals surface area contributed by atoms with E-state index >= 15 is 0 Å². The Kier molecular flexibility index (Phi) is 5.58. The summed E-state index contributed by atoms with van der Waals surface area (Å²) in [6.45, 7) is 0. The topological polar surface area (TPSA) is 26.3 Å². The van der Waals surface area contributed by atoms with Crippen molar-refractivity contribution in [1.29, 1.82) is 0 Å². The molecular formula is C25H20O2Sn. The van der Waals surface area contributed by atoms with Crippen molar-refractivity contribution in [2.45, 2.75) is 0 Å². The first-order valence-electron chi connectivity index (χ1n) is 9.24. The van der Waals surface area contributed by atoms with Gasteiger partial charge in [-0.25, -0.2) is 0 Å². The molecule has 136 valence electrons. The van der Waals surface area contributed by atoms with Crippen LogP contribution in [0.15, 0.2) is 115 Å². The molecule has 0 aliphatic carbocycles. The Morgan fingerprint density at radius 3 is 1.29 bits per heavy atom. The molecule has 2 nitrogen and oxygen atoms in total. The molecule has 4 aromatic carbocycles. The molecule has 0 fully saturated rings. The zero-order chi connectivity index (χ0) is 19.2. The van der Waals surface area contributed by atoms with E-state index in [1.54, 1.807) is 12.1 Å². The summed E-state index contributed by atoms with van der Waals surface area (Å²) in [7, 11) is 0. The van der Waals surface area contributed by atoms with E-state index in [0.29, 0.717) is 5.56 Å². The van der Waals surface area contributed by atoms with E-state index < -0.39 is 18.8 Å². The summed E-state index contributed by atoms with van der Waals surface area (Å²) in [5, 5.41) is 0. The number of carbonyl (C=O) groups excluding carboxylic acids is 1. The first-order valence-corrected chi connectivity index (χ1v) is 14.7. The molecule has 0 aliphatic heterocycles. The normalized spacial score (nSPS) is 11.0. The van der Waals surface area contributed by atoms with E-state index in [1.165, 1.54) is 10.7 Å². The van der Waals surface area contributed by atoms with Crippen LogP contribution in [0.5, 0.6) is 5.75 Å². The van der Waals surface area contributed by atoms with Gasteiger partial charge in [0.1, 0.15) is 0 Å². The van der Waals surface area contributed by atoms with Crippen LogP contribution < -0.4 is 13.8 Å². The monoisotopic (exact) mass is 472 g/mol. The van der Waals surface area contributed by atoms with Crippen molar-refractivity contribution in [3.63, 3.8) is 0 Å². The van der Waals surface area contributed by atoms with Gasteiger partial charge in [-0.15, -0.1) is 0 Å². The van der Waals surface area contributed by atoms with Crippen molar-refractivity contribution in [2.75, 3.05) is 0 Å². The second-order valence-corrected chi connectivity index (χ2v) is 16.0. The molecule has 3 heteroatoms. The zero-order valence-corrected chi connectivity index (χ0v) is 18.2. The van der Waals surface area contributed by atoms with Gasteiger partial charge < -0.3 is 0 Å². The number of hydrogen-bond donors (Lipinski definition) is 0. The van der Waals surface area contributed by atoms with Gasteiger partial charge in [-0.2, -0.15) is 0 Å². The van der Waals surface area contributed by atoms with E-state index in [1.807, 2.05) is 30.3 Å². The van der Waals surface area contributed by atoms with Gasteiger partial charge in [0, 0.05) is 0 Å². The van der Waals surface area contributed by atoms with Gasteiger partial charge in [0.05, 0.1) is 0 Å². The van der Waals surface area contributed by atoms with Crippen LogP contribution in [0.3, 0.4) is 0 Å². The van der Waals surface area contributed by atoms with Crippen LogP contribution in [0.25, 0.3) is 0 Å². The average molecular weight is 471 g/mol. The number of carbonyl (C=O) groups is 1. The average Bonchev–Trinajstić information content (AvgIpc) is 2.80. The van der Waals surface area contributed by atoms with Crippen LogP contribution in [-0.4, -0.2) is 25.1 Å². The van der Waals surface area contributed by atoms with Crippen molar-refractivity contribution in [2.24, 2.45) is 0 Å². The van der Waals surface area contributed by atoms with Gasteiger partial charge >= 0.3 is 170 Å². The van der Waals surface area contributed by atoms with Crippen molar-refractivity contribution in [3.05, 3.63) is 121 Å². The molecule has 0 radical (unpaired) electrons. The van der Waals surface area contributed by atoms with Gasteiger partial charge in [-0.05, 0) is 0 Å². The van der Waals surface area contributed by atoms with Crippen LogP contribution in [0.4, 0.5) is 0 Å². The molecular weight excluding hydrogens is 451 g/mol. The Balaban J connectivity index is 1.96. The van der Waals surface area contributed by atoms with Crippen LogP contribution in [0.1, 0.15) is 10.4 Å². The first kappa shape index (κ1) is 18.5. The van der Waals surface area contributed by atoms with Crippen LogP contribution >= 0.6 is 0 Å². The molecule has 0 aliphatic rings. The summed E-state index contributed by atoms with van der Waals surface area (Å²) < 4.78 is 10.7. The fourth-order valence-electron chi connectivity index (χ4n) is 3.49. The number of hydrogen-bond acceptors (Lipinski definition) is 2. The fourth-order valence-corrected chi connectivity index (χ4v) is 14.4. The predicted molar refractivity (Wildman–Crippen MR) is 116 cm³/mol. The minimum atomic E-state index is -3.79. The van der Waals surface area contributed by atoms with E-state index in [9.17, 15) is 4.79 Å². The maximum atomic E-state index is 11.0. The molecule has 0 atom stereocenters. The Morgan fingerprint density at radius 1 is 0.536 bits per heavy atom. The SMILES string of the molecule is O=Cc1ccc([O][Sn]([c]2ccccc2)([c]2ccccc2)[c]2ccccc2)cc1. The van der Waals surface area contributed by atoms with Crippen molar-refractivity contribution >= 4 is 35.8 Å². The molecule has 0 spiro atoms. The predicted octanol–water partition coefficient (Wildman–Crippen LogP) is 3.55. The Morgan fingerprint density at radius 2 is 0.929 bits per heavy atom.